The standard InChI is InChI=1S/C32H30F6N4O3S/c1-3-4-11-46(43,44)42-29-27-18-5-7-19(8-6-18)28(27)30(41-40-29)45-23-9-10-25-24(16-23)17(2)12-26(39-25)20-13-21(31(33,34)35)15-22(14-20)32(36,37)38/h9-10,12-16,18-19H,3-8,11H2,1-2H3,(H,40,42). The van der Waals surface area contributed by atoms with Crippen molar-refractivity contribution in [3.8, 4) is 22.9 Å². The molecule has 244 valence electrons. The summed E-state index contributed by atoms with van der Waals surface area (Å²) in [6.45, 7) is 3.59. The Balaban J connectivity index is 1.35. The Bertz CT molecular complexity index is 1890. The van der Waals surface area contributed by atoms with Crippen LogP contribution in [0.5, 0.6) is 11.6 Å². The molecule has 1 saturated carbocycles. The zero-order valence-corrected chi connectivity index (χ0v) is 25.7. The van der Waals surface area contributed by atoms with Crippen molar-refractivity contribution in [2.75, 3.05) is 10.5 Å². The first-order chi connectivity index (χ1) is 21.6. The second kappa shape index (κ2) is 11.7. The van der Waals surface area contributed by atoms with Crippen LogP contribution in [0.25, 0.3) is 22.2 Å². The van der Waals surface area contributed by atoms with E-state index in [0.29, 0.717) is 40.8 Å². The molecule has 0 amide bonds. The number of nitrogens with zero attached hydrogens (tertiary/aromatic N) is 3. The fourth-order valence-electron chi connectivity index (χ4n) is 6.41. The third-order valence-corrected chi connectivity index (χ3v) is 9.99. The van der Waals surface area contributed by atoms with Gasteiger partial charge in [0.1, 0.15) is 5.75 Å². The Kier molecular flexibility index (Phi) is 8.14. The zero-order chi connectivity index (χ0) is 33.0. The fraction of sp³-hybridized carbons (Fsp3) is 0.406. The maximum Gasteiger partial charge on any atom is 0.416 e. The molecular weight excluding hydrogens is 634 g/mol. The molecule has 3 aliphatic carbocycles. The summed E-state index contributed by atoms with van der Waals surface area (Å²) in [5.41, 5.74) is -0.635. The number of alkyl halides is 6. The van der Waals surface area contributed by atoms with Crippen LogP contribution < -0.4 is 9.46 Å². The third-order valence-electron chi connectivity index (χ3n) is 8.66. The molecule has 14 heteroatoms. The van der Waals surface area contributed by atoms with Crippen LogP contribution in [-0.2, 0) is 22.4 Å². The highest BCUT2D eigenvalue weighted by Gasteiger charge is 2.40. The van der Waals surface area contributed by atoms with Gasteiger partial charge in [-0.1, -0.05) is 13.3 Å². The van der Waals surface area contributed by atoms with Gasteiger partial charge < -0.3 is 4.74 Å². The van der Waals surface area contributed by atoms with E-state index in [4.69, 9.17) is 4.74 Å². The highest BCUT2D eigenvalue weighted by atomic mass is 32.2. The van der Waals surface area contributed by atoms with E-state index < -0.39 is 33.5 Å². The number of hydrogen-bond acceptors (Lipinski definition) is 6. The lowest BCUT2D eigenvalue weighted by atomic mass is 9.67. The van der Waals surface area contributed by atoms with Crippen molar-refractivity contribution in [3.05, 3.63) is 70.3 Å². The van der Waals surface area contributed by atoms with Gasteiger partial charge in [-0.15, -0.1) is 10.2 Å². The van der Waals surface area contributed by atoms with E-state index in [0.717, 1.165) is 43.2 Å². The minimum Gasteiger partial charge on any atom is -0.437 e. The van der Waals surface area contributed by atoms with Crippen LogP contribution >= 0.6 is 0 Å². The number of pyridine rings is 1. The highest BCUT2D eigenvalue weighted by molar-refractivity contribution is 7.92. The number of anilines is 1. The number of ether oxygens (including phenoxy) is 1. The minimum absolute atomic E-state index is 0.0181. The van der Waals surface area contributed by atoms with Gasteiger partial charge in [0.15, 0.2) is 5.82 Å². The second-order valence-corrected chi connectivity index (χ2v) is 13.7. The molecule has 4 aromatic rings. The summed E-state index contributed by atoms with van der Waals surface area (Å²) in [7, 11) is -3.60. The zero-order valence-electron chi connectivity index (χ0n) is 24.9. The van der Waals surface area contributed by atoms with Crippen LogP contribution in [0.1, 0.15) is 85.1 Å². The second-order valence-electron chi connectivity index (χ2n) is 11.9. The van der Waals surface area contributed by atoms with Crippen molar-refractivity contribution in [2.24, 2.45) is 0 Å². The lowest BCUT2D eigenvalue weighted by Crippen LogP contribution is -2.27. The van der Waals surface area contributed by atoms with E-state index in [1.807, 2.05) is 6.92 Å². The lowest BCUT2D eigenvalue weighted by Gasteiger charge is -2.39. The van der Waals surface area contributed by atoms with Crippen molar-refractivity contribution >= 4 is 26.7 Å². The van der Waals surface area contributed by atoms with Gasteiger partial charge in [-0.25, -0.2) is 13.4 Å². The monoisotopic (exact) mass is 664 g/mol. The fourth-order valence-corrected chi connectivity index (χ4v) is 7.62. The average molecular weight is 665 g/mol. The number of nitrogens with one attached hydrogen (secondary N) is 1. The lowest BCUT2D eigenvalue weighted by molar-refractivity contribution is -0.143. The van der Waals surface area contributed by atoms with E-state index in [1.165, 1.54) is 6.07 Å². The van der Waals surface area contributed by atoms with E-state index in [1.54, 1.807) is 25.1 Å². The number of halogens is 6. The molecule has 0 radical (unpaired) electrons. The molecule has 2 aromatic carbocycles. The molecule has 0 saturated heterocycles. The number of benzene rings is 2. The molecule has 3 aliphatic rings. The predicted molar refractivity (Wildman–Crippen MR) is 160 cm³/mol. The summed E-state index contributed by atoms with van der Waals surface area (Å²) < 4.78 is 115. The summed E-state index contributed by atoms with van der Waals surface area (Å²) in [6.07, 6.45) is -5.06. The molecule has 2 aromatic heterocycles. The van der Waals surface area contributed by atoms with E-state index >= 15 is 0 Å². The number of hydrogen-bond donors (Lipinski definition) is 1. The Labute approximate surface area is 261 Å². The minimum atomic E-state index is -4.98. The summed E-state index contributed by atoms with van der Waals surface area (Å²) in [5, 5.41) is 9.10. The summed E-state index contributed by atoms with van der Waals surface area (Å²) in [6, 6.07) is 7.66. The van der Waals surface area contributed by atoms with Crippen molar-refractivity contribution in [3.63, 3.8) is 0 Å². The Morgan fingerprint density at radius 2 is 1.50 bits per heavy atom. The van der Waals surface area contributed by atoms with Gasteiger partial charge in [0.05, 0.1) is 28.1 Å². The van der Waals surface area contributed by atoms with Gasteiger partial charge in [-0.3, -0.25) is 4.72 Å². The molecule has 0 unspecified atom stereocenters. The normalized spacial score (nSPS) is 18.1. The topological polar surface area (TPSA) is 94.1 Å². The van der Waals surface area contributed by atoms with E-state index in [-0.39, 0.29) is 46.6 Å². The largest absolute Gasteiger partial charge is 0.437 e. The third kappa shape index (κ3) is 6.36. The quantitative estimate of drug-likeness (QED) is 0.189. The predicted octanol–water partition coefficient (Wildman–Crippen LogP) is 9.13. The molecule has 1 fully saturated rings. The number of fused-ring (bicyclic) bond motifs is 3. The molecule has 7 rings (SSSR count). The number of aryl methyl sites for hydroxylation is 1. The van der Waals surface area contributed by atoms with Gasteiger partial charge in [-0.05, 0) is 98.9 Å². The maximum atomic E-state index is 13.5. The Hall–Kier alpha value is -3.94. The van der Waals surface area contributed by atoms with E-state index in [9.17, 15) is 34.8 Å². The van der Waals surface area contributed by atoms with Crippen LogP contribution in [0.3, 0.4) is 0 Å². The van der Waals surface area contributed by atoms with Gasteiger partial charge in [0.25, 0.3) is 0 Å². The SMILES string of the molecule is CCCCS(=O)(=O)Nc1nnc(Oc2ccc3nc(-c4cc(C(F)(F)F)cc(C(F)(F)F)c4)cc(C)c3c2)c2c1C1CCC2CC1. The average Bonchev–Trinajstić information content (AvgIpc) is 3.00. The van der Waals surface area contributed by atoms with Crippen LogP contribution in [0.2, 0.25) is 0 Å². The smallest absolute Gasteiger partial charge is 0.416 e. The van der Waals surface area contributed by atoms with Crippen molar-refractivity contribution in [1.29, 1.82) is 0 Å². The molecule has 0 aliphatic heterocycles. The molecule has 2 heterocycles. The summed E-state index contributed by atoms with van der Waals surface area (Å²) in [4.78, 5) is 4.39. The van der Waals surface area contributed by atoms with Gasteiger partial charge in [0.2, 0.25) is 15.9 Å². The molecule has 7 nitrogen and oxygen atoms in total. The molecule has 2 bridgehead atoms. The maximum absolute atomic E-state index is 13.5. The van der Waals surface area contributed by atoms with Gasteiger partial charge >= 0.3 is 12.4 Å². The summed E-state index contributed by atoms with van der Waals surface area (Å²) in [5.74, 6) is 1.11. The molecule has 0 atom stereocenters. The van der Waals surface area contributed by atoms with Crippen LogP contribution in [-0.4, -0.2) is 29.4 Å². The van der Waals surface area contributed by atoms with Crippen LogP contribution in [0, 0.1) is 6.92 Å². The van der Waals surface area contributed by atoms with Crippen LogP contribution in [0.4, 0.5) is 32.2 Å². The van der Waals surface area contributed by atoms with Gasteiger partial charge in [-0.2, -0.15) is 26.3 Å². The number of unbranched alkanes of at least 4 members (excludes halogenated alkanes) is 1. The van der Waals surface area contributed by atoms with Crippen LogP contribution in [0.15, 0.2) is 42.5 Å². The Morgan fingerprint density at radius 3 is 2.11 bits per heavy atom. The molecule has 0 spiro atoms. The van der Waals surface area contributed by atoms with Crippen molar-refractivity contribution in [2.45, 2.75) is 76.6 Å². The Morgan fingerprint density at radius 1 is 0.870 bits per heavy atom. The number of aromatic nitrogens is 3. The molecular formula is C32H30F6N4O3S. The first-order valence-corrected chi connectivity index (χ1v) is 16.6. The van der Waals surface area contributed by atoms with Crippen molar-refractivity contribution < 1.29 is 39.5 Å². The van der Waals surface area contributed by atoms with E-state index in [2.05, 4.69) is 19.9 Å². The highest BCUT2D eigenvalue weighted by Crippen LogP contribution is 2.54. The summed E-state index contributed by atoms with van der Waals surface area (Å²) >= 11 is 0. The van der Waals surface area contributed by atoms with Crippen molar-refractivity contribution in [1.82, 2.24) is 15.2 Å². The number of sulfonamides is 1. The molecule has 1 N–H and O–H groups in total. The van der Waals surface area contributed by atoms with Gasteiger partial charge in [0, 0.05) is 22.1 Å². The first-order valence-electron chi connectivity index (χ1n) is 14.9. The molecule has 46 heavy (non-hydrogen) atoms. The first kappa shape index (κ1) is 32.0. The number of rotatable bonds is 8.